The van der Waals surface area contributed by atoms with E-state index in [2.05, 4.69) is 20.8 Å². The third-order valence-corrected chi connectivity index (χ3v) is 6.62. The highest BCUT2D eigenvalue weighted by Crippen LogP contribution is 2.25. The number of hydrogen-bond donors (Lipinski definition) is 2. The van der Waals surface area contributed by atoms with E-state index in [0.29, 0.717) is 33.4 Å². The van der Waals surface area contributed by atoms with Gasteiger partial charge in [-0.1, -0.05) is 62.2 Å². The van der Waals surface area contributed by atoms with Crippen molar-refractivity contribution >= 4 is 35.2 Å². The quantitative estimate of drug-likeness (QED) is 0.599. The summed E-state index contributed by atoms with van der Waals surface area (Å²) in [4.78, 5) is 24.9. The van der Waals surface area contributed by atoms with Crippen molar-refractivity contribution in [3.63, 3.8) is 0 Å². The molecule has 30 heavy (non-hydrogen) atoms. The number of nitrogens with one attached hydrogen (secondary N) is 2. The molecular formula is C21H28ClN5O2S. The van der Waals surface area contributed by atoms with Gasteiger partial charge in [-0.05, 0) is 30.9 Å². The summed E-state index contributed by atoms with van der Waals surface area (Å²) in [6.07, 6.45) is 4.49. The van der Waals surface area contributed by atoms with E-state index < -0.39 is 0 Å². The molecular weight excluding hydrogens is 422 g/mol. The van der Waals surface area contributed by atoms with Crippen molar-refractivity contribution in [3.8, 4) is 0 Å². The molecule has 0 spiro atoms. The van der Waals surface area contributed by atoms with Gasteiger partial charge in [-0.15, -0.1) is 10.2 Å². The van der Waals surface area contributed by atoms with Gasteiger partial charge in [0, 0.05) is 13.1 Å². The summed E-state index contributed by atoms with van der Waals surface area (Å²) < 4.78 is 1.84. The Kier molecular flexibility index (Phi) is 7.77. The standard InChI is InChI=1S/C21H28ClN5O2S/c1-13(2)18(24-20(29)15-10-6-7-11-16(15)22)19-25-26-21(27(19)3)30-12-17(28)23-14-8-4-5-9-14/h6-7,10-11,13-14,18H,4-5,8-9,12H2,1-3H3,(H,23,28)(H,24,29)/t18-/m1/s1. The molecule has 0 bridgehead atoms. The van der Waals surface area contributed by atoms with Gasteiger partial charge in [0.2, 0.25) is 5.91 Å². The number of aromatic nitrogens is 3. The van der Waals surface area contributed by atoms with Crippen LogP contribution in [0.15, 0.2) is 29.4 Å². The summed E-state index contributed by atoms with van der Waals surface area (Å²) in [6.45, 7) is 4.02. The second-order valence-electron chi connectivity index (χ2n) is 7.91. The Morgan fingerprint density at radius 3 is 2.60 bits per heavy atom. The monoisotopic (exact) mass is 449 g/mol. The summed E-state index contributed by atoms with van der Waals surface area (Å²) in [6, 6.07) is 6.91. The highest BCUT2D eigenvalue weighted by Gasteiger charge is 2.26. The minimum atomic E-state index is -0.340. The van der Waals surface area contributed by atoms with Crippen LogP contribution in [0.25, 0.3) is 0 Å². The first kappa shape index (κ1) is 22.6. The summed E-state index contributed by atoms with van der Waals surface area (Å²) in [5.41, 5.74) is 0.421. The van der Waals surface area contributed by atoms with Crippen LogP contribution in [0.1, 0.15) is 61.8 Å². The van der Waals surface area contributed by atoms with Crippen LogP contribution in [-0.2, 0) is 11.8 Å². The maximum absolute atomic E-state index is 12.7. The van der Waals surface area contributed by atoms with Crippen LogP contribution >= 0.6 is 23.4 Å². The minimum absolute atomic E-state index is 0.0175. The predicted octanol–water partition coefficient (Wildman–Crippen LogP) is 3.75. The lowest BCUT2D eigenvalue weighted by Gasteiger charge is -2.22. The number of rotatable bonds is 8. The summed E-state index contributed by atoms with van der Waals surface area (Å²) in [5.74, 6) is 0.782. The van der Waals surface area contributed by atoms with Crippen molar-refractivity contribution in [1.82, 2.24) is 25.4 Å². The van der Waals surface area contributed by atoms with Crippen LogP contribution in [0.4, 0.5) is 0 Å². The average molecular weight is 450 g/mol. The van der Waals surface area contributed by atoms with Crippen molar-refractivity contribution in [2.75, 3.05) is 5.75 Å². The molecule has 0 radical (unpaired) electrons. The molecule has 0 unspecified atom stereocenters. The van der Waals surface area contributed by atoms with Gasteiger partial charge in [-0.25, -0.2) is 0 Å². The highest BCUT2D eigenvalue weighted by molar-refractivity contribution is 7.99. The number of nitrogens with zero attached hydrogens (tertiary/aromatic N) is 3. The molecule has 1 aromatic heterocycles. The lowest BCUT2D eigenvalue weighted by atomic mass is 10.0. The maximum atomic E-state index is 12.7. The smallest absolute Gasteiger partial charge is 0.253 e. The molecule has 1 heterocycles. The van der Waals surface area contributed by atoms with Crippen LogP contribution < -0.4 is 10.6 Å². The third-order valence-electron chi connectivity index (χ3n) is 5.27. The minimum Gasteiger partial charge on any atom is -0.353 e. The number of carbonyl (C=O) groups excluding carboxylic acids is 2. The maximum Gasteiger partial charge on any atom is 0.253 e. The Balaban J connectivity index is 1.65. The van der Waals surface area contributed by atoms with Gasteiger partial charge in [0.05, 0.1) is 22.4 Å². The van der Waals surface area contributed by atoms with E-state index in [1.54, 1.807) is 24.3 Å². The second kappa shape index (κ2) is 10.3. The van der Waals surface area contributed by atoms with E-state index in [1.807, 2.05) is 25.5 Å². The van der Waals surface area contributed by atoms with Gasteiger partial charge < -0.3 is 15.2 Å². The van der Waals surface area contributed by atoms with E-state index in [0.717, 1.165) is 12.8 Å². The normalized spacial score (nSPS) is 15.4. The fourth-order valence-electron chi connectivity index (χ4n) is 3.59. The van der Waals surface area contributed by atoms with E-state index in [1.165, 1.54) is 24.6 Å². The summed E-state index contributed by atoms with van der Waals surface area (Å²) in [7, 11) is 1.85. The summed E-state index contributed by atoms with van der Waals surface area (Å²) >= 11 is 7.51. The van der Waals surface area contributed by atoms with Crippen molar-refractivity contribution in [2.24, 2.45) is 13.0 Å². The molecule has 1 fully saturated rings. The molecule has 0 aliphatic heterocycles. The highest BCUT2D eigenvalue weighted by atomic mass is 35.5. The number of carbonyl (C=O) groups is 2. The fourth-order valence-corrected chi connectivity index (χ4v) is 4.54. The lowest BCUT2D eigenvalue weighted by Crippen LogP contribution is -2.34. The molecule has 1 aliphatic carbocycles. The second-order valence-corrected chi connectivity index (χ2v) is 9.26. The Bertz CT molecular complexity index is 895. The Labute approximate surface area is 186 Å². The SMILES string of the molecule is CC(C)[C@@H](NC(=O)c1ccccc1Cl)c1nnc(SCC(=O)NC2CCCC2)n1C. The van der Waals surface area contributed by atoms with Crippen LogP contribution in [0.3, 0.4) is 0 Å². The number of benzene rings is 1. The first-order valence-corrected chi connectivity index (χ1v) is 11.6. The van der Waals surface area contributed by atoms with Gasteiger partial charge in [0.25, 0.3) is 5.91 Å². The van der Waals surface area contributed by atoms with Crippen LogP contribution in [0.2, 0.25) is 5.02 Å². The largest absolute Gasteiger partial charge is 0.353 e. The van der Waals surface area contributed by atoms with E-state index in [9.17, 15) is 9.59 Å². The lowest BCUT2D eigenvalue weighted by molar-refractivity contribution is -0.119. The van der Waals surface area contributed by atoms with Crippen molar-refractivity contribution in [1.29, 1.82) is 0 Å². The average Bonchev–Trinajstić information content (AvgIpc) is 3.34. The molecule has 3 rings (SSSR count). The molecule has 2 N–H and O–H groups in total. The first-order valence-electron chi connectivity index (χ1n) is 10.2. The van der Waals surface area contributed by atoms with Gasteiger partial charge in [0.1, 0.15) is 0 Å². The molecule has 2 aromatic rings. The molecule has 0 saturated heterocycles. The first-order chi connectivity index (χ1) is 14.4. The van der Waals surface area contributed by atoms with Crippen LogP contribution in [0.5, 0.6) is 0 Å². The van der Waals surface area contributed by atoms with Gasteiger partial charge in [-0.3, -0.25) is 9.59 Å². The van der Waals surface area contributed by atoms with Crippen LogP contribution in [0, 0.1) is 5.92 Å². The molecule has 1 aliphatic rings. The van der Waals surface area contributed by atoms with E-state index in [-0.39, 0.29) is 23.8 Å². The third kappa shape index (κ3) is 5.55. The number of amides is 2. The Morgan fingerprint density at radius 1 is 1.23 bits per heavy atom. The Morgan fingerprint density at radius 2 is 1.93 bits per heavy atom. The molecule has 7 nitrogen and oxygen atoms in total. The van der Waals surface area contributed by atoms with E-state index >= 15 is 0 Å². The van der Waals surface area contributed by atoms with Crippen LogP contribution in [-0.4, -0.2) is 38.4 Å². The van der Waals surface area contributed by atoms with Gasteiger partial charge in [-0.2, -0.15) is 0 Å². The van der Waals surface area contributed by atoms with Crippen molar-refractivity contribution in [3.05, 3.63) is 40.7 Å². The zero-order valence-electron chi connectivity index (χ0n) is 17.5. The number of thioether (sulfide) groups is 1. The van der Waals surface area contributed by atoms with E-state index in [4.69, 9.17) is 11.6 Å². The van der Waals surface area contributed by atoms with Crippen molar-refractivity contribution in [2.45, 2.75) is 56.8 Å². The summed E-state index contributed by atoms with van der Waals surface area (Å²) in [5, 5.41) is 15.7. The molecule has 1 aromatic carbocycles. The topological polar surface area (TPSA) is 88.9 Å². The zero-order valence-corrected chi connectivity index (χ0v) is 19.1. The van der Waals surface area contributed by atoms with Gasteiger partial charge in [0.15, 0.2) is 11.0 Å². The number of hydrogen-bond acceptors (Lipinski definition) is 5. The molecule has 1 atom stereocenters. The van der Waals surface area contributed by atoms with Gasteiger partial charge >= 0.3 is 0 Å². The zero-order chi connectivity index (χ0) is 21.7. The van der Waals surface area contributed by atoms with Crippen molar-refractivity contribution < 1.29 is 9.59 Å². The molecule has 1 saturated carbocycles. The molecule has 2 amide bonds. The molecule has 9 heteroatoms. The fraction of sp³-hybridized carbons (Fsp3) is 0.524. The predicted molar refractivity (Wildman–Crippen MR) is 119 cm³/mol. The molecule has 162 valence electrons. The Hall–Kier alpha value is -2.06. The number of halogens is 1.